The van der Waals surface area contributed by atoms with E-state index < -0.39 is 0 Å². The molecule has 6 heteroatoms. The molecule has 0 bridgehead atoms. The van der Waals surface area contributed by atoms with Crippen molar-refractivity contribution in [3.8, 4) is 22.6 Å². The van der Waals surface area contributed by atoms with Crippen LogP contribution in [0.2, 0.25) is 10.3 Å². The van der Waals surface area contributed by atoms with Crippen LogP contribution in [-0.2, 0) is 0 Å². The molecule has 1 aromatic carbocycles. The third kappa shape index (κ3) is 2.48. The zero-order valence-corrected chi connectivity index (χ0v) is 11.7. The van der Waals surface area contributed by atoms with Gasteiger partial charge in [-0.3, -0.25) is 4.98 Å². The summed E-state index contributed by atoms with van der Waals surface area (Å²) in [6.45, 7) is 0. The van der Waals surface area contributed by atoms with E-state index in [4.69, 9.17) is 23.2 Å². The first-order chi connectivity index (χ1) is 9.75. The van der Waals surface area contributed by atoms with Crippen molar-refractivity contribution in [2.75, 3.05) is 0 Å². The van der Waals surface area contributed by atoms with Gasteiger partial charge in [-0.15, -0.1) is 0 Å². The van der Waals surface area contributed by atoms with Crippen LogP contribution in [0, 0.1) is 0 Å². The lowest BCUT2D eigenvalue weighted by Gasteiger charge is -2.07. The smallest absolute Gasteiger partial charge is 0.182 e. The summed E-state index contributed by atoms with van der Waals surface area (Å²) in [7, 11) is 0. The standard InChI is InChI=1S/C14H8Cl2N4/c15-12-11(9-4-2-1-3-5-9)13(16)20-14(19-12)10-8-17-6-7-18-10/h1-8H. The third-order valence-electron chi connectivity index (χ3n) is 2.68. The summed E-state index contributed by atoms with van der Waals surface area (Å²) in [5.74, 6) is 0.354. The van der Waals surface area contributed by atoms with Crippen LogP contribution >= 0.6 is 23.2 Å². The Morgan fingerprint density at radius 3 is 2.15 bits per heavy atom. The zero-order chi connectivity index (χ0) is 13.9. The zero-order valence-electron chi connectivity index (χ0n) is 10.2. The molecule has 0 spiro atoms. The highest BCUT2D eigenvalue weighted by molar-refractivity contribution is 6.37. The van der Waals surface area contributed by atoms with Gasteiger partial charge in [-0.05, 0) is 5.56 Å². The number of hydrogen-bond donors (Lipinski definition) is 0. The van der Waals surface area contributed by atoms with E-state index in [9.17, 15) is 0 Å². The van der Waals surface area contributed by atoms with Crippen molar-refractivity contribution in [2.24, 2.45) is 0 Å². The van der Waals surface area contributed by atoms with Crippen LogP contribution in [0.1, 0.15) is 0 Å². The van der Waals surface area contributed by atoms with E-state index in [-0.39, 0.29) is 10.3 Å². The van der Waals surface area contributed by atoms with Gasteiger partial charge < -0.3 is 0 Å². The second-order valence-electron chi connectivity index (χ2n) is 3.96. The van der Waals surface area contributed by atoms with Crippen molar-refractivity contribution >= 4 is 23.2 Å². The predicted octanol–water partition coefficient (Wildman–Crippen LogP) is 3.91. The fourth-order valence-corrected chi connectivity index (χ4v) is 2.39. The Morgan fingerprint density at radius 2 is 1.55 bits per heavy atom. The lowest BCUT2D eigenvalue weighted by Crippen LogP contribution is -1.96. The van der Waals surface area contributed by atoms with E-state index in [1.807, 2.05) is 30.3 Å². The second-order valence-corrected chi connectivity index (χ2v) is 4.68. The average molecular weight is 303 g/mol. The highest BCUT2D eigenvalue weighted by atomic mass is 35.5. The monoisotopic (exact) mass is 302 g/mol. The van der Waals surface area contributed by atoms with E-state index in [2.05, 4.69) is 19.9 Å². The summed E-state index contributed by atoms with van der Waals surface area (Å²) >= 11 is 12.5. The number of aromatic nitrogens is 4. The third-order valence-corrected chi connectivity index (χ3v) is 3.22. The first kappa shape index (κ1) is 13.0. The van der Waals surface area contributed by atoms with E-state index >= 15 is 0 Å². The predicted molar refractivity (Wildman–Crippen MR) is 78.5 cm³/mol. The molecule has 0 aliphatic heterocycles. The van der Waals surface area contributed by atoms with Gasteiger partial charge in [0.15, 0.2) is 5.82 Å². The van der Waals surface area contributed by atoms with Gasteiger partial charge in [-0.2, -0.15) is 0 Å². The van der Waals surface area contributed by atoms with Crippen molar-refractivity contribution in [3.05, 3.63) is 59.2 Å². The molecule has 0 unspecified atom stereocenters. The van der Waals surface area contributed by atoms with Crippen LogP contribution in [-0.4, -0.2) is 19.9 Å². The molecular weight excluding hydrogens is 295 g/mol. The van der Waals surface area contributed by atoms with Gasteiger partial charge in [-0.1, -0.05) is 53.5 Å². The minimum absolute atomic E-state index is 0.289. The lowest BCUT2D eigenvalue weighted by molar-refractivity contribution is 1.11. The van der Waals surface area contributed by atoms with Crippen molar-refractivity contribution in [1.82, 2.24) is 19.9 Å². The SMILES string of the molecule is Clc1nc(-c2cnccn2)nc(Cl)c1-c1ccccc1. The molecule has 0 atom stereocenters. The van der Waals surface area contributed by atoms with Gasteiger partial charge in [0.2, 0.25) is 0 Å². The lowest BCUT2D eigenvalue weighted by atomic mass is 10.1. The van der Waals surface area contributed by atoms with Gasteiger partial charge in [0, 0.05) is 12.4 Å². The number of nitrogens with zero attached hydrogens (tertiary/aromatic N) is 4. The van der Waals surface area contributed by atoms with E-state index in [0.717, 1.165) is 5.56 Å². The van der Waals surface area contributed by atoms with Gasteiger partial charge in [-0.25, -0.2) is 15.0 Å². The second kappa shape index (κ2) is 5.53. The molecule has 4 nitrogen and oxygen atoms in total. The summed E-state index contributed by atoms with van der Waals surface area (Å²) in [6, 6.07) is 9.52. The maximum atomic E-state index is 6.24. The highest BCUT2D eigenvalue weighted by Gasteiger charge is 2.14. The number of hydrogen-bond acceptors (Lipinski definition) is 4. The van der Waals surface area contributed by atoms with Crippen molar-refractivity contribution < 1.29 is 0 Å². The molecule has 0 aliphatic carbocycles. The first-order valence-electron chi connectivity index (χ1n) is 5.80. The maximum Gasteiger partial charge on any atom is 0.182 e. The molecule has 2 aromatic heterocycles. The molecule has 0 radical (unpaired) electrons. The van der Waals surface area contributed by atoms with Gasteiger partial charge in [0.05, 0.1) is 11.8 Å². The molecule has 0 saturated heterocycles. The van der Waals surface area contributed by atoms with Crippen LogP contribution in [0.15, 0.2) is 48.9 Å². The van der Waals surface area contributed by atoms with E-state index in [1.165, 1.54) is 0 Å². The van der Waals surface area contributed by atoms with Crippen LogP contribution in [0.25, 0.3) is 22.6 Å². The minimum atomic E-state index is 0.289. The van der Waals surface area contributed by atoms with Crippen molar-refractivity contribution in [3.63, 3.8) is 0 Å². The summed E-state index contributed by atoms with van der Waals surface area (Å²) in [5, 5.41) is 0.578. The van der Waals surface area contributed by atoms with Gasteiger partial charge in [0.25, 0.3) is 0 Å². The molecular formula is C14H8Cl2N4. The summed E-state index contributed by atoms with van der Waals surface area (Å²) in [6.07, 6.45) is 4.70. The average Bonchev–Trinajstić information content (AvgIpc) is 2.48. The van der Waals surface area contributed by atoms with Crippen molar-refractivity contribution in [1.29, 1.82) is 0 Å². The molecule has 3 rings (SSSR count). The quantitative estimate of drug-likeness (QED) is 0.674. The first-order valence-corrected chi connectivity index (χ1v) is 6.56. The largest absolute Gasteiger partial charge is 0.261 e. The fourth-order valence-electron chi connectivity index (χ4n) is 1.78. The van der Waals surface area contributed by atoms with Crippen LogP contribution in [0.4, 0.5) is 0 Å². The molecule has 0 aliphatic rings. The Balaban J connectivity index is 2.13. The van der Waals surface area contributed by atoms with Gasteiger partial charge >= 0.3 is 0 Å². The number of benzene rings is 1. The molecule has 20 heavy (non-hydrogen) atoms. The molecule has 0 saturated carbocycles. The Bertz CT molecular complexity index is 710. The summed E-state index contributed by atoms with van der Waals surface area (Å²) in [4.78, 5) is 16.6. The van der Waals surface area contributed by atoms with E-state index in [0.29, 0.717) is 17.1 Å². The number of rotatable bonds is 2. The maximum absolute atomic E-state index is 6.24. The Hall–Kier alpha value is -2.04. The molecule has 0 amide bonds. The summed E-state index contributed by atoms with van der Waals surface area (Å²) in [5.41, 5.74) is 2.01. The Morgan fingerprint density at radius 1 is 0.850 bits per heavy atom. The normalized spacial score (nSPS) is 10.5. The topological polar surface area (TPSA) is 51.6 Å². The van der Waals surface area contributed by atoms with Crippen LogP contribution < -0.4 is 0 Å². The fraction of sp³-hybridized carbons (Fsp3) is 0. The summed E-state index contributed by atoms with van der Waals surface area (Å²) < 4.78 is 0. The van der Waals surface area contributed by atoms with Crippen LogP contribution in [0.3, 0.4) is 0 Å². The highest BCUT2D eigenvalue weighted by Crippen LogP contribution is 2.33. The molecule has 0 fully saturated rings. The number of halogens is 2. The molecule has 0 N–H and O–H groups in total. The molecule has 98 valence electrons. The van der Waals surface area contributed by atoms with Gasteiger partial charge in [0.1, 0.15) is 16.0 Å². The Labute approximate surface area is 125 Å². The van der Waals surface area contributed by atoms with E-state index in [1.54, 1.807) is 18.6 Å². The molecule has 2 heterocycles. The molecule has 3 aromatic rings. The van der Waals surface area contributed by atoms with Crippen LogP contribution in [0.5, 0.6) is 0 Å². The Kier molecular flexibility index (Phi) is 3.58. The van der Waals surface area contributed by atoms with Crippen molar-refractivity contribution in [2.45, 2.75) is 0 Å². The minimum Gasteiger partial charge on any atom is -0.261 e.